The SMILES string of the molecule is O=C(NC1CCC(O)CC1)NC1(c2ccccc2)CC1. The quantitative estimate of drug-likeness (QED) is 0.792. The van der Waals surface area contributed by atoms with Gasteiger partial charge in [0, 0.05) is 6.04 Å². The Morgan fingerprint density at radius 1 is 1.10 bits per heavy atom. The lowest BCUT2D eigenvalue weighted by molar-refractivity contribution is 0.117. The minimum absolute atomic E-state index is 0.0762. The van der Waals surface area contributed by atoms with E-state index in [0.717, 1.165) is 38.5 Å². The summed E-state index contributed by atoms with van der Waals surface area (Å²) in [5, 5.41) is 15.7. The molecule has 4 heteroatoms. The summed E-state index contributed by atoms with van der Waals surface area (Å²) in [6, 6.07) is 10.3. The second-order valence-electron chi connectivity index (χ2n) is 6.05. The third-order valence-corrected chi connectivity index (χ3v) is 4.46. The lowest BCUT2D eigenvalue weighted by Gasteiger charge is -2.27. The molecule has 20 heavy (non-hydrogen) atoms. The van der Waals surface area contributed by atoms with Crippen molar-refractivity contribution in [3.63, 3.8) is 0 Å². The van der Waals surface area contributed by atoms with Crippen LogP contribution in [0, 0.1) is 0 Å². The molecule has 0 saturated heterocycles. The Labute approximate surface area is 119 Å². The van der Waals surface area contributed by atoms with Crippen molar-refractivity contribution >= 4 is 6.03 Å². The normalized spacial score (nSPS) is 27.6. The number of nitrogens with one attached hydrogen (secondary N) is 2. The molecule has 0 radical (unpaired) electrons. The fraction of sp³-hybridized carbons (Fsp3) is 0.562. The highest BCUT2D eigenvalue weighted by molar-refractivity contribution is 5.76. The summed E-state index contributed by atoms with van der Waals surface area (Å²) < 4.78 is 0. The van der Waals surface area contributed by atoms with Crippen LogP contribution in [0.15, 0.2) is 30.3 Å². The number of urea groups is 1. The van der Waals surface area contributed by atoms with Crippen LogP contribution in [0.1, 0.15) is 44.1 Å². The van der Waals surface area contributed by atoms with Crippen molar-refractivity contribution in [2.24, 2.45) is 0 Å². The third-order valence-electron chi connectivity index (χ3n) is 4.46. The number of benzene rings is 1. The zero-order valence-electron chi connectivity index (χ0n) is 11.6. The van der Waals surface area contributed by atoms with Crippen LogP contribution in [-0.2, 0) is 5.54 Å². The summed E-state index contributed by atoms with van der Waals surface area (Å²) in [7, 11) is 0. The summed E-state index contributed by atoms with van der Waals surface area (Å²) >= 11 is 0. The Morgan fingerprint density at radius 2 is 1.75 bits per heavy atom. The van der Waals surface area contributed by atoms with E-state index in [1.54, 1.807) is 0 Å². The van der Waals surface area contributed by atoms with Crippen LogP contribution < -0.4 is 10.6 Å². The second kappa shape index (κ2) is 5.44. The first-order valence-electron chi connectivity index (χ1n) is 7.50. The molecule has 0 atom stereocenters. The van der Waals surface area contributed by atoms with E-state index in [2.05, 4.69) is 22.8 Å². The van der Waals surface area contributed by atoms with Gasteiger partial charge in [-0.1, -0.05) is 30.3 Å². The number of rotatable bonds is 3. The van der Waals surface area contributed by atoms with E-state index in [-0.39, 0.29) is 23.7 Å². The monoisotopic (exact) mass is 274 g/mol. The van der Waals surface area contributed by atoms with Crippen LogP contribution in [0.25, 0.3) is 0 Å². The fourth-order valence-electron chi connectivity index (χ4n) is 3.03. The maximum absolute atomic E-state index is 12.1. The molecule has 2 saturated carbocycles. The van der Waals surface area contributed by atoms with Gasteiger partial charge in [0.1, 0.15) is 0 Å². The first-order valence-corrected chi connectivity index (χ1v) is 7.50. The second-order valence-corrected chi connectivity index (χ2v) is 6.05. The van der Waals surface area contributed by atoms with Gasteiger partial charge in [-0.15, -0.1) is 0 Å². The third kappa shape index (κ3) is 2.96. The highest BCUT2D eigenvalue weighted by Crippen LogP contribution is 2.45. The number of aliphatic hydroxyl groups is 1. The maximum Gasteiger partial charge on any atom is 0.315 e. The predicted octanol–water partition coefficient (Wildman–Crippen LogP) is 2.28. The zero-order valence-corrected chi connectivity index (χ0v) is 11.6. The molecule has 1 aromatic rings. The van der Waals surface area contributed by atoms with Gasteiger partial charge in [0.05, 0.1) is 11.6 Å². The van der Waals surface area contributed by atoms with Crippen molar-refractivity contribution in [3.8, 4) is 0 Å². The summed E-state index contributed by atoms with van der Waals surface area (Å²) in [5.41, 5.74) is 1.04. The van der Waals surface area contributed by atoms with Gasteiger partial charge >= 0.3 is 6.03 Å². The molecule has 3 N–H and O–H groups in total. The molecule has 2 aliphatic rings. The molecule has 3 rings (SSSR count). The topological polar surface area (TPSA) is 61.4 Å². The molecule has 4 nitrogen and oxygen atoms in total. The van der Waals surface area contributed by atoms with Gasteiger partial charge in [-0.3, -0.25) is 0 Å². The van der Waals surface area contributed by atoms with Gasteiger partial charge < -0.3 is 15.7 Å². The molecule has 2 fully saturated rings. The van der Waals surface area contributed by atoms with Crippen LogP contribution >= 0.6 is 0 Å². The molecule has 108 valence electrons. The van der Waals surface area contributed by atoms with Gasteiger partial charge in [0.2, 0.25) is 0 Å². The molecule has 0 aliphatic heterocycles. The van der Waals surface area contributed by atoms with Crippen LogP contribution in [0.3, 0.4) is 0 Å². The number of hydrogen-bond acceptors (Lipinski definition) is 2. The number of hydrogen-bond donors (Lipinski definition) is 3. The predicted molar refractivity (Wildman–Crippen MR) is 77.3 cm³/mol. The minimum Gasteiger partial charge on any atom is -0.393 e. The molecule has 0 heterocycles. The van der Waals surface area contributed by atoms with Gasteiger partial charge in [-0.05, 0) is 44.1 Å². The maximum atomic E-state index is 12.1. The molecular formula is C16H22N2O2. The smallest absolute Gasteiger partial charge is 0.315 e. The number of aliphatic hydroxyl groups excluding tert-OH is 1. The van der Waals surface area contributed by atoms with E-state index in [1.807, 2.05) is 18.2 Å². The highest BCUT2D eigenvalue weighted by atomic mass is 16.3. The molecule has 0 spiro atoms. The average molecular weight is 274 g/mol. The van der Waals surface area contributed by atoms with Crippen LogP contribution in [0.4, 0.5) is 4.79 Å². The lowest BCUT2D eigenvalue weighted by atomic mass is 9.93. The number of amides is 2. The van der Waals surface area contributed by atoms with Crippen molar-refractivity contribution < 1.29 is 9.90 Å². The molecule has 0 bridgehead atoms. The van der Waals surface area contributed by atoms with E-state index < -0.39 is 0 Å². The summed E-state index contributed by atoms with van der Waals surface area (Å²) in [5.74, 6) is 0. The van der Waals surface area contributed by atoms with Crippen molar-refractivity contribution in [1.29, 1.82) is 0 Å². The van der Waals surface area contributed by atoms with Crippen LogP contribution in [0.2, 0.25) is 0 Å². The fourth-order valence-corrected chi connectivity index (χ4v) is 3.03. The van der Waals surface area contributed by atoms with Crippen LogP contribution in [0.5, 0.6) is 0 Å². The molecule has 2 aliphatic carbocycles. The van der Waals surface area contributed by atoms with E-state index in [1.165, 1.54) is 5.56 Å². The van der Waals surface area contributed by atoms with Crippen molar-refractivity contribution in [2.75, 3.05) is 0 Å². The van der Waals surface area contributed by atoms with E-state index >= 15 is 0 Å². The largest absolute Gasteiger partial charge is 0.393 e. The standard InChI is InChI=1S/C16H22N2O2/c19-14-8-6-13(7-9-14)17-15(20)18-16(10-11-16)12-4-2-1-3-5-12/h1-5,13-14,19H,6-11H2,(H2,17,18,20). The Balaban J connectivity index is 1.54. The minimum atomic E-state index is -0.185. The average Bonchev–Trinajstić information content (AvgIpc) is 3.23. The zero-order chi connectivity index (χ0) is 14.0. The van der Waals surface area contributed by atoms with Gasteiger partial charge in [-0.2, -0.15) is 0 Å². The summed E-state index contributed by atoms with van der Waals surface area (Å²) in [6.45, 7) is 0. The Bertz CT molecular complexity index is 463. The van der Waals surface area contributed by atoms with Gasteiger partial charge in [0.15, 0.2) is 0 Å². The van der Waals surface area contributed by atoms with Gasteiger partial charge in [0.25, 0.3) is 0 Å². The van der Waals surface area contributed by atoms with Gasteiger partial charge in [-0.25, -0.2) is 4.79 Å². The van der Waals surface area contributed by atoms with Crippen molar-refractivity contribution in [1.82, 2.24) is 10.6 Å². The Hall–Kier alpha value is -1.55. The molecular weight excluding hydrogens is 252 g/mol. The van der Waals surface area contributed by atoms with E-state index in [0.29, 0.717) is 0 Å². The molecule has 1 aromatic carbocycles. The highest BCUT2D eigenvalue weighted by Gasteiger charge is 2.45. The van der Waals surface area contributed by atoms with E-state index in [4.69, 9.17) is 0 Å². The van der Waals surface area contributed by atoms with Crippen molar-refractivity contribution in [3.05, 3.63) is 35.9 Å². The van der Waals surface area contributed by atoms with Crippen LogP contribution in [-0.4, -0.2) is 23.3 Å². The van der Waals surface area contributed by atoms with Crippen molar-refractivity contribution in [2.45, 2.75) is 56.2 Å². The first-order chi connectivity index (χ1) is 9.68. The Morgan fingerprint density at radius 3 is 2.35 bits per heavy atom. The summed E-state index contributed by atoms with van der Waals surface area (Å²) in [6.07, 6.45) is 5.14. The molecule has 0 aromatic heterocycles. The Kier molecular flexibility index (Phi) is 3.66. The molecule has 2 amide bonds. The summed E-state index contributed by atoms with van der Waals surface area (Å²) in [4.78, 5) is 12.1. The lowest BCUT2D eigenvalue weighted by Crippen LogP contribution is -2.47. The molecule has 0 unspecified atom stereocenters. The number of carbonyl (C=O) groups is 1. The van der Waals surface area contributed by atoms with E-state index in [9.17, 15) is 9.90 Å². The number of carbonyl (C=O) groups excluding carboxylic acids is 1. The first kappa shape index (κ1) is 13.4.